The van der Waals surface area contributed by atoms with Crippen molar-refractivity contribution in [3.63, 3.8) is 0 Å². The molecule has 0 heterocycles. The molecule has 0 rings (SSSR count). The van der Waals surface area contributed by atoms with Crippen molar-refractivity contribution in [1.82, 2.24) is 0 Å². The van der Waals surface area contributed by atoms with E-state index >= 15 is 0 Å². The molecule has 0 spiro atoms. The quantitative estimate of drug-likeness (QED) is 0.468. The van der Waals surface area contributed by atoms with Crippen molar-refractivity contribution in [3.8, 4) is 0 Å². The van der Waals surface area contributed by atoms with Gasteiger partial charge >= 0.3 is 54.3 Å². The van der Waals surface area contributed by atoms with Crippen LogP contribution in [0.2, 0.25) is 0 Å². The monoisotopic (exact) mass is 202 g/mol. The molecule has 0 aliphatic heterocycles. The van der Waals surface area contributed by atoms with Crippen LogP contribution in [0.4, 0.5) is 0 Å². The molecule has 0 atom stereocenters. The van der Waals surface area contributed by atoms with Gasteiger partial charge in [0.25, 0.3) is 0 Å². The first-order valence-corrected chi connectivity index (χ1v) is 0.561. The van der Waals surface area contributed by atoms with Crippen molar-refractivity contribution >= 4 is 17.4 Å². The van der Waals surface area contributed by atoms with E-state index in [0.29, 0.717) is 0 Å². The average molecular weight is 202 g/mol. The van der Waals surface area contributed by atoms with E-state index < -0.39 is 0 Å². The van der Waals surface area contributed by atoms with Gasteiger partial charge in [0.15, 0.2) is 0 Å². The Morgan fingerprint density at radius 1 is 0.857 bits per heavy atom. The van der Waals surface area contributed by atoms with Crippen molar-refractivity contribution in [2.24, 2.45) is 0 Å². The van der Waals surface area contributed by atoms with Gasteiger partial charge < -0.3 is 16.4 Å². The molecule has 0 bridgehead atoms. The first-order valence-electron chi connectivity index (χ1n) is 0.136. The topological polar surface area (TPSA) is 103 Å². The van der Waals surface area contributed by atoms with E-state index in [1.165, 1.54) is 0 Å². The summed E-state index contributed by atoms with van der Waals surface area (Å²) in [5, 5.41) is 0. The normalized spacial score (nSPS) is 0.714. The van der Waals surface area contributed by atoms with Crippen molar-refractivity contribution in [3.05, 3.63) is 0 Å². The summed E-state index contributed by atoms with van der Waals surface area (Å²) in [5.74, 6) is 0. The molecule has 0 unspecified atom stereocenters. The fourth-order valence-corrected chi connectivity index (χ4v) is 0. The second-order valence-corrected chi connectivity index (χ2v) is 0. The summed E-state index contributed by atoms with van der Waals surface area (Å²) in [6, 6.07) is 0. The van der Waals surface area contributed by atoms with Crippen LogP contribution in [0.1, 0.15) is 0 Å². The standard InChI is InChI=1S/Al.Co.Cr.4O/q+3;;+3;;3*-2. The van der Waals surface area contributed by atoms with Gasteiger partial charge in [-0.05, 0) is 0 Å². The molecule has 0 aromatic carbocycles. The van der Waals surface area contributed by atoms with E-state index in [0.717, 1.165) is 0 Å². The van der Waals surface area contributed by atoms with Crippen LogP contribution in [0.5, 0.6) is 0 Å². The molecule has 1 radical (unpaired) electrons. The van der Waals surface area contributed by atoms with Gasteiger partial charge in [0.1, 0.15) is 0 Å². The fourth-order valence-electron chi connectivity index (χ4n) is 0. The zero-order valence-corrected chi connectivity index (χ0v) is 6.42. The molecule has 0 saturated carbocycles. The SMILES string of the molecule is [Al+3].[Cr+3].[O-2].[O-2].[O-2].[O]=[Co]. The summed E-state index contributed by atoms with van der Waals surface area (Å²) in [6.07, 6.45) is 0. The summed E-state index contributed by atoms with van der Waals surface area (Å²) >= 11 is 2.31. The molecular formula is AlCoCrO4. The first kappa shape index (κ1) is 85.6. The third-order valence-electron chi connectivity index (χ3n) is 0. The zero-order valence-electron chi connectivity index (χ0n) is 2.95. The van der Waals surface area contributed by atoms with E-state index in [4.69, 9.17) is 3.87 Å². The fraction of sp³-hybridized carbons (Fsp3) is 0. The molecule has 0 saturated heterocycles. The average Bonchev–Trinajstić information content (AvgIpc) is 1.00. The van der Waals surface area contributed by atoms with Gasteiger partial charge in [-0.25, -0.2) is 0 Å². The second-order valence-electron chi connectivity index (χ2n) is 0. The van der Waals surface area contributed by atoms with E-state index in [2.05, 4.69) is 15.7 Å². The molecule has 0 aromatic heterocycles. The Labute approximate surface area is 70.6 Å². The summed E-state index contributed by atoms with van der Waals surface area (Å²) in [6.45, 7) is 0. The molecule has 0 aliphatic carbocycles. The summed E-state index contributed by atoms with van der Waals surface area (Å²) in [7, 11) is 0. The Balaban J connectivity index is -0.000000000500. The first-order chi connectivity index (χ1) is 1.00. The minimum absolute atomic E-state index is 0. The van der Waals surface area contributed by atoms with Gasteiger partial charge in [0.2, 0.25) is 0 Å². The van der Waals surface area contributed by atoms with E-state index in [-0.39, 0.29) is 51.2 Å². The molecule has 0 aliphatic rings. The Kier molecular flexibility index (Phi) is 2210. The molecule has 0 amide bonds. The van der Waals surface area contributed by atoms with E-state index in [1.54, 1.807) is 0 Å². The van der Waals surface area contributed by atoms with Crippen LogP contribution >= 0.6 is 0 Å². The van der Waals surface area contributed by atoms with Crippen LogP contribution in [-0.2, 0) is 53.3 Å². The van der Waals surface area contributed by atoms with Gasteiger partial charge in [-0.3, -0.25) is 0 Å². The molecular weight excluding hydrogens is 202 g/mol. The van der Waals surface area contributed by atoms with Crippen LogP contribution in [-0.4, -0.2) is 17.4 Å². The van der Waals surface area contributed by atoms with Crippen molar-refractivity contribution in [2.45, 2.75) is 0 Å². The zero-order chi connectivity index (χ0) is 2.00. The van der Waals surface area contributed by atoms with Crippen LogP contribution in [0, 0.1) is 0 Å². The molecule has 4 nitrogen and oxygen atoms in total. The minimum atomic E-state index is 0. The molecule has 7 heavy (non-hydrogen) atoms. The second kappa shape index (κ2) is 181. The summed E-state index contributed by atoms with van der Waals surface area (Å²) in [4.78, 5) is 0. The predicted octanol–water partition coefficient (Wildman–Crippen LogP) is -0.861. The number of hydrogen-bond donors (Lipinski definition) is 0. The predicted molar refractivity (Wildman–Crippen MR) is 8.50 cm³/mol. The third kappa shape index (κ3) is 128. The Bertz CT molecular complexity index is 11.7. The van der Waals surface area contributed by atoms with Gasteiger partial charge in [-0.2, -0.15) is 0 Å². The van der Waals surface area contributed by atoms with E-state index in [9.17, 15) is 0 Å². The Morgan fingerprint density at radius 3 is 0.857 bits per heavy atom. The van der Waals surface area contributed by atoms with E-state index in [1.807, 2.05) is 0 Å². The third-order valence-corrected chi connectivity index (χ3v) is 0. The van der Waals surface area contributed by atoms with Crippen molar-refractivity contribution in [1.29, 1.82) is 0 Å². The van der Waals surface area contributed by atoms with Crippen molar-refractivity contribution in [2.75, 3.05) is 0 Å². The number of rotatable bonds is 0. The van der Waals surface area contributed by atoms with Gasteiger partial charge in [-0.15, -0.1) is 0 Å². The van der Waals surface area contributed by atoms with Crippen LogP contribution < -0.4 is 0 Å². The number of hydrogen-bond acceptors (Lipinski definition) is 1. The summed E-state index contributed by atoms with van der Waals surface area (Å²) < 4.78 is 7.94. The van der Waals surface area contributed by atoms with Gasteiger partial charge in [0.05, 0.1) is 0 Å². The molecule has 0 aromatic rings. The Morgan fingerprint density at radius 2 is 0.857 bits per heavy atom. The Hall–Kier alpha value is 1.25. The van der Waals surface area contributed by atoms with Crippen molar-refractivity contribution < 1.29 is 53.3 Å². The van der Waals surface area contributed by atoms with Gasteiger partial charge in [0, 0.05) is 0 Å². The van der Waals surface area contributed by atoms with Gasteiger partial charge in [-0.1, -0.05) is 0 Å². The maximum absolute atomic E-state index is 7.94. The molecule has 42 valence electrons. The molecule has 0 N–H and O–H groups in total. The molecule has 7 heteroatoms. The summed E-state index contributed by atoms with van der Waals surface area (Å²) in [5.41, 5.74) is 0. The van der Waals surface area contributed by atoms with Crippen LogP contribution in [0.15, 0.2) is 0 Å². The van der Waals surface area contributed by atoms with Crippen LogP contribution in [0.3, 0.4) is 0 Å². The maximum atomic E-state index is 7.94. The molecule has 0 fully saturated rings. The van der Waals surface area contributed by atoms with Crippen LogP contribution in [0.25, 0.3) is 0 Å².